The Morgan fingerprint density at radius 3 is 1.36 bits per heavy atom. The Morgan fingerprint density at radius 2 is 0.964 bits per heavy atom. The van der Waals surface area contributed by atoms with E-state index in [2.05, 4.69) is 123 Å². The molecule has 0 saturated heterocycles. The van der Waals surface area contributed by atoms with Crippen LogP contribution in [0.15, 0.2) is 109 Å². The van der Waals surface area contributed by atoms with Gasteiger partial charge in [0, 0.05) is 0 Å². The van der Waals surface area contributed by atoms with Gasteiger partial charge in [0.1, 0.15) is 0 Å². The zero-order chi connectivity index (χ0) is 19.4. The molecule has 4 aromatic rings. The van der Waals surface area contributed by atoms with E-state index in [0.29, 0.717) is 0 Å². The topological polar surface area (TPSA) is 0 Å². The Morgan fingerprint density at radius 1 is 0.536 bits per heavy atom. The number of hydrogen-bond donors (Lipinski definition) is 0. The second kappa shape index (κ2) is 8.13. The van der Waals surface area contributed by atoms with Crippen LogP contribution in [0, 0.1) is 13.8 Å². The summed E-state index contributed by atoms with van der Waals surface area (Å²) < 4.78 is 0. The van der Waals surface area contributed by atoms with E-state index in [-0.39, 0.29) is 0 Å². The summed E-state index contributed by atoms with van der Waals surface area (Å²) >= 11 is 0. The first kappa shape index (κ1) is 18.7. The summed E-state index contributed by atoms with van der Waals surface area (Å²) in [6, 6.07) is 40.4. The molecule has 0 bridgehead atoms. The zero-order valence-corrected chi connectivity index (χ0v) is 17.6. The first-order chi connectivity index (χ1) is 13.7. The predicted octanol–water partition coefficient (Wildman–Crippen LogP) is 5.53. The van der Waals surface area contributed by atoms with Gasteiger partial charge < -0.3 is 0 Å². The van der Waals surface area contributed by atoms with E-state index in [0.717, 1.165) is 6.16 Å². The van der Waals surface area contributed by atoms with Crippen molar-refractivity contribution in [3.63, 3.8) is 0 Å². The van der Waals surface area contributed by atoms with Gasteiger partial charge in [-0.25, -0.2) is 0 Å². The summed E-state index contributed by atoms with van der Waals surface area (Å²) in [5, 5.41) is 4.40. The molecule has 0 aliphatic carbocycles. The van der Waals surface area contributed by atoms with Crippen LogP contribution in [0.1, 0.15) is 16.7 Å². The molecule has 0 radical (unpaired) electrons. The molecule has 28 heavy (non-hydrogen) atoms. The van der Waals surface area contributed by atoms with Gasteiger partial charge in [-0.3, -0.25) is 0 Å². The molecule has 0 heterocycles. The third-order valence-corrected chi connectivity index (χ3v) is 10.6. The summed E-state index contributed by atoms with van der Waals surface area (Å²) in [6.45, 7) is 4.43. The van der Waals surface area contributed by atoms with Crippen LogP contribution in [-0.4, -0.2) is 0 Å². The van der Waals surface area contributed by atoms with E-state index in [1.54, 1.807) is 0 Å². The Hall–Kier alpha value is -2.69. The molecule has 0 spiro atoms. The number of hydrogen-bond acceptors (Lipinski definition) is 0. The summed E-state index contributed by atoms with van der Waals surface area (Å²) in [7, 11) is -2.21. The molecule has 0 unspecified atom stereocenters. The molecule has 4 aromatic carbocycles. The minimum absolute atomic E-state index is 1.07. The van der Waals surface area contributed by atoms with Crippen molar-refractivity contribution in [2.24, 2.45) is 0 Å². The SMILES string of the molecule is Cc1ccc(C[PH](c2ccccc2)(c2ccccc2)c2ccccc2)c(C)c1. The quantitative estimate of drug-likeness (QED) is 0.398. The fourth-order valence-corrected chi connectivity index (χ4v) is 9.17. The molecule has 0 atom stereocenters. The first-order valence-electron chi connectivity index (χ1n) is 9.93. The van der Waals surface area contributed by atoms with Crippen LogP contribution in [0.4, 0.5) is 0 Å². The van der Waals surface area contributed by atoms with Crippen LogP contribution >= 0.6 is 7.26 Å². The molecule has 0 fully saturated rings. The van der Waals surface area contributed by atoms with E-state index >= 15 is 0 Å². The van der Waals surface area contributed by atoms with Gasteiger partial charge in [0.15, 0.2) is 0 Å². The van der Waals surface area contributed by atoms with Gasteiger partial charge in [-0.2, -0.15) is 0 Å². The van der Waals surface area contributed by atoms with E-state index in [1.807, 2.05) is 0 Å². The van der Waals surface area contributed by atoms with Crippen LogP contribution in [0.25, 0.3) is 0 Å². The van der Waals surface area contributed by atoms with Gasteiger partial charge in [0.2, 0.25) is 0 Å². The molecule has 1 heteroatoms. The second-order valence-electron chi connectivity index (χ2n) is 7.61. The Bertz CT molecular complexity index is 941. The van der Waals surface area contributed by atoms with Gasteiger partial charge >= 0.3 is 169 Å². The standard InChI is InChI=1S/C27H27P/c1-22-18-19-24(23(2)20-22)21-28(25-12-6-3-7-13-25,26-14-8-4-9-15-26)27-16-10-5-11-17-27/h3-20,28H,21H2,1-2H3. The predicted molar refractivity (Wildman–Crippen MR) is 126 cm³/mol. The van der Waals surface area contributed by atoms with Gasteiger partial charge in [0.25, 0.3) is 0 Å². The summed E-state index contributed by atoms with van der Waals surface area (Å²) in [4.78, 5) is 0. The molecule has 0 aromatic heterocycles. The second-order valence-corrected chi connectivity index (χ2v) is 11.5. The zero-order valence-electron chi connectivity index (χ0n) is 16.6. The van der Waals surface area contributed by atoms with Gasteiger partial charge in [-0.15, -0.1) is 0 Å². The molecule has 0 N–H and O–H groups in total. The third-order valence-electron chi connectivity index (χ3n) is 5.75. The fraction of sp³-hybridized carbons (Fsp3) is 0.111. The average molecular weight is 382 g/mol. The normalized spacial score (nSPS) is 11.9. The number of benzene rings is 4. The van der Waals surface area contributed by atoms with Crippen molar-refractivity contribution in [3.8, 4) is 0 Å². The number of rotatable bonds is 5. The molecule has 0 nitrogen and oxygen atoms in total. The van der Waals surface area contributed by atoms with Gasteiger partial charge in [0.05, 0.1) is 0 Å². The van der Waals surface area contributed by atoms with Crippen LogP contribution in [-0.2, 0) is 6.16 Å². The van der Waals surface area contributed by atoms with E-state index in [9.17, 15) is 0 Å². The number of aryl methyl sites for hydroxylation is 2. The fourth-order valence-electron chi connectivity index (χ4n) is 4.30. The summed E-state index contributed by atoms with van der Waals surface area (Å²) in [5.74, 6) is 0. The third kappa shape index (κ3) is 3.53. The molecular weight excluding hydrogens is 355 g/mol. The van der Waals surface area contributed by atoms with E-state index < -0.39 is 7.26 Å². The van der Waals surface area contributed by atoms with Crippen LogP contribution in [0.2, 0.25) is 0 Å². The van der Waals surface area contributed by atoms with E-state index in [4.69, 9.17) is 0 Å². The van der Waals surface area contributed by atoms with Crippen molar-refractivity contribution < 1.29 is 0 Å². The van der Waals surface area contributed by atoms with E-state index in [1.165, 1.54) is 32.6 Å². The van der Waals surface area contributed by atoms with Crippen molar-refractivity contribution in [2.45, 2.75) is 20.0 Å². The summed E-state index contributed by atoms with van der Waals surface area (Å²) in [5.41, 5.74) is 4.17. The average Bonchev–Trinajstić information content (AvgIpc) is 2.75. The van der Waals surface area contributed by atoms with Crippen LogP contribution in [0.5, 0.6) is 0 Å². The van der Waals surface area contributed by atoms with Crippen molar-refractivity contribution in [1.29, 1.82) is 0 Å². The van der Waals surface area contributed by atoms with Crippen LogP contribution < -0.4 is 15.9 Å². The van der Waals surface area contributed by atoms with Crippen molar-refractivity contribution >= 4 is 23.2 Å². The van der Waals surface area contributed by atoms with Crippen molar-refractivity contribution in [3.05, 3.63) is 126 Å². The Kier molecular flexibility index (Phi) is 5.42. The molecule has 0 aliphatic rings. The van der Waals surface area contributed by atoms with Crippen molar-refractivity contribution in [2.75, 3.05) is 0 Å². The van der Waals surface area contributed by atoms with Gasteiger partial charge in [-0.1, -0.05) is 0 Å². The molecule has 4 rings (SSSR count). The maximum atomic E-state index is 2.33. The van der Waals surface area contributed by atoms with Gasteiger partial charge in [-0.05, 0) is 0 Å². The molecule has 0 amide bonds. The van der Waals surface area contributed by atoms with Crippen molar-refractivity contribution in [1.82, 2.24) is 0 Å². The first-order valence-corrected chi connectivity index (χ1v) is 12.1. The molecule has 0 aliphatic heterocycles. The summed E-state index contributed by atoms with van der Waals surface area (Å²) in [6.07, 6.45) is 1.07. The monoisotopic (exact) mass is 382 g/mol. The molecule has 140 valence electrons. The molecule has 0 saturated carbocycles. The molecular formula is C27H27P. The van der Waals surface area contributed by atoms with Crippen LogP contribution in [0.3, 0.4) is 0 Å². The maximum absolute atomic E-state index is 2.33. The Labute approximate surface area is 169 Å². The Balaban J connectivity index is 2.01. The minimum atomic E-state index is -2.21.